The number of nitrogens with zero attached hydrogens (tertiary/aromatic N) is 2. The average Bonchev–Trinajstić information content (AvgIpc) is 2.79. The van der Waals surface area contributed by atoms with Gasteiger partial charge in [-0.15, -0.1) is 0 Å². The molecule has 3 rings (SSSR count). The molecule has 0 fully saturated rings. The molecule has 6 nitrogen and oxygen atoms in total. The third-order valence-electron chi connectivity index (χ3n) is 4.71. The lowest BCUT2D eigenvalue weighted by Gasteiger charge is -2.13. The molecule has 0 amide bonds. The third-order valence-corrected chi connectivity index (χ3v) is 4.96. The van der Waals surface area contributed by atoms with Crippen LogP contribution in [0.25, 0.3) is 11.3 Å². The Hall–Kier alpha value is -3.51. The Morgan fingerprint density at radius 2 is 1.74 bits per heavy atom. The van der Waals surface area contributed by atoms with Crippen molar-refractivity contribution < 1.29 is 9.53 Å². The number of nitrogens with one attached hydrogen (secondary N) is 1. The molecule has 0 atom stereocenters. The number of H-pyrrole nitrogens is 1. The highest BCUT2D eigenvalue weighted by Gasteiger charge is 2.21. The summed E-state index contributed by atoms with van der Waals surface area (Å²) >= 11 is 6.01. The molecule has 3 aromatic rings. The van der Waals surface area contributed by atoms with Crippen LogP contribution < -0.4 is 5.56 Å². The summed E-state index contributed by atoms with van der Waals surface area (Å²) in [4.78, 5) is 27.6. The van der Waals surface area contributed by atoms with Crippen molar-refractivity contribution in [3.05, 3.63) is 92.7 Å². The number of methoxy groups -OCH3 is 1. The first-order valence-electron chi connectivity index (χ1n) is 9.73. The van der Waals surface area contributed by atoms with Crippen LogP contribution in [-0.2, 0) is 4.74 Å². The van der Waals surface area contributed by atoms with Gasteiger partial charge in [0.15, 0.2) is 0 Å². The van der Waals surface area contributed by atoms with Crippen molar-refractivity contribution >= 4 is 29.0 Å². The molecule has 0 aliphatic heterocycles. The molecule has 1 heterocycles. The van der Waals surface area contributed by atoms with Gasteiger partial charge >= 0.3 is 5.97 Å². The predicted molar refractivity (Wildman–Crippen MR) is 124 cm³/mol. The van der Waals surface area contributed by atoms with Crippen LogP contribution in [0.5, 0.6) is 0 Å². The van der Waals surface area contributed by atoms with Gasteiger partial charge in [-0.2, -0.15) is 10.2 Å². The maximum Gasteiger partial charge on any atom is 0.338 e. The van der Waals surface area contributed by atoms with Crippen LogP contribution in [-0.4, -0.2) is 29.5 Å². The summed E-state index contributed by atoms with van der Waals surface area (Å²) in [6.07, 6.45) is 0.681. The Bertz CT molecular complexity index is 1200. The standard InChI is InChI=1S/C24H22ClN3O3/c1-4-20(16-8-6-5-7-9-16)28-27-15(2)22-19(24(30)31-3)14-21(29)26-23(22)17-10-12-18(25)13-11-17/h5-14H,4H2,1-3H3,(H,26,29)/b27-15+,28-20-. The smallest absolute Gasteiger partial charge is 0.338 e. The quantitative estimate of drug-likeness (QED) is 0.332. The van der Waals surface area contributed by atoms with Crippen LogP contribution in [0.3, 0.4) is 0 Å². The van der Waals surface area contributed by atoms with Gasteiger partial charge in [0, 0.05) is 16.7 Å². The van der Waals surface area contributed by atoms with Crippen LogP contribution in [0.2, 0.25) is 5.02 Å². The molecule has 0 aliphatic rings. The summed E-state index contributed by atoms with van der Waals surface area (Å²) in [5.74, 6) is -0.631. The number of pyridine rings is 1. The van der Waals surface area contributed by atoms with Crippen molar-refractivity contribution in [2.75, 3.05) is 7.11 Å². The van der Waals surface area contributed by atoms with Gasteiger partial charge in [-0.05, 0) is 36.6 Å². The second-order valence-electron chi connectivity index (χ2n) is 6.75. The number of esters is 1. The molecular formula is C24H22ClN3O3. The number of aromatic nitrogens is 1. The maximum atomic E-state index is 12.5. The first-order valence-corrected chi connectivity index (χ1v) is 10.1. The van der Waals surface area contributed by atoms with Crippen molar-refractivity contribution in [3.8, 4) is 11.3 Å². The summed E-state index contributed by atoms with van der Waals surface area (Å²) in [7, 11) is 1.27. The van der Waals surface area contributed by atoms with Crippen LogP contribution >= 0.6 is 11.6 Å². The van der Waals surface area contributed by atoms with Gasteiger partial charge in [-0.25, -0.2) is 4.79 Å². The van der Waals surface area contributed by atoms with Crippen LogP contribution in [0.15, 0.2) is 75.7 Å². The summed E-state index contributed by atoms with van der Waals surface area (Å²) in [6.45, 7) is 3.73. The second kappa shape index (κ2) is 10.00. The highest BCUT2D eigenvalue weighted by atomic mass is 35.5. The number of ether oxygens (including phenoxy) is 1. The van der Waals surface area contributed by atoms with E-state index in [-0.39, 0.29) is 5.56 Å². The Morgan fingerprint density at radius 3 is 2.35 bits per heavy atom. The van der Waals surface area contributed by atoms with Crippen molar-refractivity contribution in [2.24, 2.45) is 10.2 Å². The SMILES string of the molecule is CC/C(=N/N=C(\C)c1c(C(=O)OC)cc(=O)[nH]c1-c1ccc(Cl)cc1)c1ccccc1. The van der Waals surface area contributed by atoms with E-state index in [1.165, 1.54) is 13.2 Å². The van der Waals surface area contributed by atoms with E-state index in [0.29, 0.717) is 34.0 Å². The summed E-state index contributed by atoms with van der Waals surface area (Å²) < 4.78 is 4.90. The highest BCUT2D eigenvalue weighted by Crippen LogP contribution is 2.26. The summed E-state index contributed by atoms with van der Waals surface area (Å²) in [6, 6.07) is 17.9. The molecule has 158 valence electrons. The number of halogens is 1. The van der Waals surface area contributed by atoms with E-state index < -0.39 is 11.5 Å². The molecule has 2 aromatic carbocycles. The zero-order chi connectivity index (χ0) is 22.4. The number of benzene rings is 2. The number of hydrogen-bond acceptors (Lipinski definition) is 5. The normalized spacial score (nSPS) is 12.0. The second-order valence-corrected chi connectivity index (χ2v) is 7.18. The largest absolute Gasteiger partial charge is 0.465 e. The van der Waals surface area contributed by atoms with Gasteiger partial charge in [-0.3, -0.25) is 4.79 Å². The van der Waals surface area contributed by atoms with Gasteiger partial charge in [0.2, 0.25) is 5.56 Å². The van der Waals surface area contributed by atoms with Gasteiger partial charge < -0.3 is 9.72 Å². The number of hydrogen-bond donors (Lipinski definition) is 1. The fourth-order valence-corrected chi connectivity index (χ4v) is 3.31. The highest BCUT2D eigenvalue weighted by molar-refractivity contribution is 6.30. The van der Waals surface area contributed by atoms with E-state index in [4.69, 9.17) is 16.3 Å². The molecule has 0 spiro atoms. The lowest BCUT2D eigenvalue weighted by Crippen LogP contribution is -2.18. The minimum atomic E-state index is -0.631. The van der Waals surface area contributed by atoms with E-state index in [0.717, 1.165) is 11.3 Å². The van der Waals surface area contributed by atoms with Crippen molar-refractivity contribution in [1.82, 2.24) is 4.98 Å². The molecule has 7 heteroatoms. The van der Waals surface area contributed by atoms with Gasteiger partial charge in [0.1, 0.15) is 0 Å². The van der Waals surface area contributed by atoms with Gasteiger partial charge in [0.25, 0.3) is 0 Å². The molecule has 0 bridgehead atoms. The molecule has 0 saturated carbocycles. The lowest BCUT2D eigenvalue weighted by atomic mass is 9.97. The fourth-order valence-electron chi connectivity index (χ4n) is 3.19. The number of carbonyl (C=O) groups is 1. The molecule has 0 unspecified atom stereocenters. The first kappa shape index (κ1) is 22.2. The van der Waals surface area contributed by atoms with Crippen molar-refractivity contribution in [2.45, 2.75) is 20.3 Å². The zero-order valence-electron chi connectivity index (χ0n) is 17.5. The van der Waals surface area contributed by atoms with Crippen molar-refractivity contribution in [1.29, 1.82) is 0 Å². The van der Waals surface area contributed by atoms with Crippen LogP contribution in [0, 0.1) is 0 Å². The van der Waals surface area contributed by atoms with E-state index in [2.05, 4.69) is 15.2 Å². The Kier molecular flexibility index (Phi) is 7.15. The topological polar surface area (TPSA) is 83.9 Å². The predicted octanol–water partition coefficient (Wildman–Crippen LogP) is 5.11. The lowest BCUT2D eigenvalue weighted by molar-refractivity contribution is 0.0600. The van der Waals surface area contributed by atoms with Gasteiger partial charge in [-0.1, -0.05) is 61.0 Å². The monoisotopic (exact) mass is 435 g/mol. The van der Waals surface area contributed by atoms with E-state index in [1.54, 1.807) is 31.2 Å². The Balaban J connectivity index is 2.20. The third kappa shape index (κ3) is 5.16. The average molecular weight is 436 g/mol. The van der Waals surface area contributed by atoms with Crippen LogP contribution in [0.4, 0.5) is 0 Å². The minimum Gasteiger partial charge on any atom is -0.465 e. The minimum absolute atomic E-state index is 0.116. The molecule has 1 N–H and O–H groups in total. The number of rotatable bonds is 6. The molecule has 0 saturated heterocycles. The fraction of sp³-hybridized carbons (Fsp3) is 0.167. The molecule has 31 heavy (non-hydrogen) atoms. The summed E-state index contributed by atoms with van der Waals surface area (Å²) in [5.41, 5.74) is 3.49. The first-order chi connectivity index (χ1) is 14.9. The number of carbonyl (C=O) groups excluding carboxylic acids is 1. The van der Waals surface area contributed by atoms with Gasteiger partial charge in [0.05, 0.1) is 29.8 Å². The Morgan fingerprint density at radius 1 is 1.06 bits per heavy atom. The van der Waals surface area contributed by atoms with E-state index >= 15 is 0 Å². The number of aromatic amines is 1. The molecular weight excluding hydrogens is 414 g/mol. The zero-order valence-corrected chi connectivity index (χ0v) is 18.2. The maximum absolute atomic E-state index is 12.5. The van der Waals surface area contributed by atoms with E-state index in [9.17, 15) is 9.59 Å². The molecule has 0 radical (unpaired) electrons. The molecule has 0 aliphatic carbocycles. The van der Waals surface area contributed by atoms with Crippen molar-refractivity contribution in [3.63, 3.8) is 0 Å². The summed E-state index contributed by atoms with van der Waals surface area (Å²) in [5, 5.41) is 9.38. The van der Waals surface area contributed by atoms with Crippen LogP contribution in [0.1, 0.15) is 41.8 Å². The molecule has 1 aromatic heterocycles. The Labute approximate surface area is 185 Å². The van der Waals surface area contributed by atoms with E-state index in [1.807, 2.05) is 37.3 Å².